The van der Waals surface area contributed by atoms with Crippen LogP contribution in [0.2, 0.25) is 0 Å². The van der Waals surface area contributed by atoms with Crippen LogP contribution in [0.15, 0.2) is 48.7 Å². The van der Waals surface area contributed by atoms with Crippen LogP contribution in [0.1, 0.15) is 29.9 Å². The number of halogens is 1. The first-order valence-corrected chi connectivity index (χ1v) is 11.2. The Morgan fingerprint density at radius 1 is 1.03 bits per heavy atom. The Kier molecular flexibility index (Phi) is 5.40. The number of fused-ring (bicyclic) bond motifs is 1. The van der Waals surface area contributed by atoms with Crippen molar-refractivity contribution in [3.8, 4) is 5.69 Å². The van der Waals surface area contributed by atoms with Crippen molar-refractivity contribution in [2.45, 2.75) is 25.7 Å². The van der Waals surface area contributed by atoms with Gasteiger partial charge in [-0.25, -0.2) is 9.18 Å². The van der Waals surface area contributed by atoms with Gasteiger partial charge in [-0.2, -0.15) is 0 Å². The standard InChI is InChI=1S/C25H29FN4O/c1-18-2-7-24-22(16-18)23(17-30(24)21-5-3-20(26)4-6-21)19-8-11-28(12-9-19)14-15-29-13-10-27-25(29)31/h2-7,16-17,19H,8-15H2,1H3,(H,27,31). The van der Waals surface area contributed by atoms with Crippen molar-refractivity contribution in [2.24, 2.45) is 0 Å². The molecule has 1 N–H and O–H groups in total. The molecular formula is C25H29FN4O. The fraction of sp³-hybridized carbons (Fsp3) is 0.400. The third-order valence-electron chi connectivity index (χ3n) is 6.75. The topological polar surface area (TPSA) is 40.5 Å². The predicted octanol–water partition coefficient (Wildman–Crippen LogP) is 4.28. The van der Waals surface area contributed by atoms with Gasteiger partial charge in [-0.15, -0.1) is 0 Å². The van der Waals surface area contributed by atoms with Gasteiger partial charge >= 0.3 is 6.03 Å². The lowest BCUT2D eigenvalue weighted by atomic mass is 9.89. The van der Waals surface area contributed by atoms with Crippen LogP contribution in [0.3, 0.4) is 0 Å². The lowest BCUT2D eigenvalue weighted by Gasteiger charge is -2.32. The van der Waals surface area contributed by atoms with E-state index in [4.69, 9.17) is 0 Å². The van der Waals surface area contributed by atoms with E-state index in [0.717, 1.165) is 57.8 Å². The number of aromatic nitrogens is 1. The van der Waals surface area contributed by atoms with Gasteiger partial charge in [0, 0.05) is 43.4 Å². The van der Waals surface area contributed by atoms with Crippen molar-refractivity contribution in [1.82, 2.24) is 19.7 Å². The second-order valence-electron chi connectivity index (χ2n) is 8.79. The highest BCUT2D eigenvalue weighted by Crippen LogP contribution is 2.36. The van der Waals surface area contributed by atoms with E-state index in [2.05, 4.69) is 46.1 Å². The Labute approximate surface area is 182 Å². The highest BCUT2D eigenvalue weighted by atomic mass is 19.1. The molecule has 1 aromatic heterocycles. The zero-order chi connectivity index (χ0) is 21.4. The SMILES string of the molecule is Cc1ccc2c(c1)c(C1CCN(CCN3CCNC3=O)CC1)cn2-c1ccc(F)cc1. The van der Waals surface area contributed by atoms with E-state index in [-0.39, 0.29) is 11.8 Å². The third kappa shape index (κ3) is 4.04. The van der Waals surface area contributed by atoms with Gasteiger partial charge in [0.1, 0.15) is 5.82 Å². The summed E-state index contributed by atoms with van der Waals surface area (Å²) in [6, 6.07) is 13.4. The summed E-state index contributed by atoms with van der Waals surface area (Å²) in [5.41, 5.74) is 4.81. The number of benzene rings is 2. The van der Waals surface area contributed by atoms with E-state index in [1.165, 1.54) is 34.2 Å². The summed E-state index contributed by atoms with van der Waals surface area (Å²) in [6.07, 6.45) is 4.48. The molecule has 0 radical (unpaired) electrons. The zero-order valence-electron chi connectivity index (χ0n) is 18.0. The second-order valence-corrected chi connectivity index (χ2v) is 8.79. The van der Waals surface area contributed by atoms with E-state index in [9.17, 15) is 9.18 Å². The van der Waals surface area contributed by atoms with E-state index >= 15 is 0 Å². The van der Waals surface area contributed by atoms with Crippen molar-refractivity contribution in [3.05, 3.63) is 65.6 Å². The maximum absolute atomic E-state index is 13.4. The quantitative estimate of drug-likeness (QED) is 0.669. The zero-order valence-corrected chi connectivity index (χ0v) is 18.0. The van der Waals surface area contributed by atoms with Crippen LogP contribution in [0.4, 0.5) is 9.18 Å². The molecule has 2 aromatic carbocycles. The van der Waals surface area contributed by atoms with Gasteiger partial charge in [0.2, 0.25) is 0 Å². The number of hydrogen-bond acceptors (Lipinski definition) is 2. The minimum atomic E-state index is -0.213. The average Bonchev–Trinajstić information content (AvgIpc) is 3.36. The normalized spacial score (nSPS) is 18.1. The largest absolute Gasteiger partial charge is 0.336 e. The molecule has 0 atom stereocenters. The van der Waals surface area contributed by atoms with Gasteiger partial charge in [0.05, 0.1) is 5.52 Å². The van der Waals surface area contributed by atoms with Crippen LogP contribution in [-0.4, -0.2) is 59.7 Å². The third-order valence-corrected chi connectivity index (χ3v) is 6.75. The smallest absolute Gasteiger partial charge is 0.317 e. The Morgan fingerprint density at radius 2 is 1.81 bits per heavy atom. The Balaban J connectivity index is 1.34. The number of hydrogen-bond donors (Lipinski definition) is 1. The lowest BCUT2D eigenvalue weighted by molar-refractivity contribution is 0.181. The number of rotatable bonds is 5. The van der Waals surface area contributed by atoms with Gasteiger partial charge in [-0.05, 0) is 80.7 Å². The number of carbonyl (C=O) groups is 1. The lowest BCUT2D eigenvalue weighted by Crippen LogP contribution is -2.40. The maximum Gasteiger partial charge on any atom is 0.317 e. The number of nitrogens with zero attached hydrogens (tertiary/aromatic N) is 3. The fourth-order valence-corrected chi connectivity index (χ4v) is 4.96. The molecule has 2 saturated heterocycles. The van der Waals surface area contributed by atoms with Crippen LogP contribution in [-0.2, 0) is 0 Å². The summed E-state index contributed by atoms with van der Waals surface area (Å²) in [5.74, 6) is 0.299. The van der Waals surface area contributed by atoms with E-state index in [1.54, 1.807) is 0 Å². The van der Waals surface area contributed by atoms with E-state index in [1.807, 2.05) is 17.0 Å². The highest BCUT2D eigenvalue weighted by molar-refractivity contribution is 5.87. The fourth-order valence-electron chi connectivity index (χ4n) is 4.96. The average molecular weight is 421 g/mol. The molecule has 5 nitrogen and oxygen atoms in total. The number of likely N-dealkylation sites (tertiary alicyclic amines) is 1. The molecule has 0 aliphatic carbocycles. The van der Waals surface area contributed by atoms with Gasteiger partial charge < -0.3 is 19.7 Å². The molecule has 0 bridgehead atoms. The van der Waals surface area contributed by atoms with Gasteiger partial charge in [0.15, 0.2) is 0 Å². The molecule has 5 rings (SSSR count). The van der Waals surface area contributed by atoms with Crippen LogP contribution in [0.25, 0.3) is 16.6 Å². The molecule has 6 heteroatoms. The molecule has 0 saturated carbocycles. The van der Waals surface area contributed by atoms with Crippen molar-refractivity contribution in [1.29, 1.82) is 0 Å². The molecule has 2 amide bonds. The molecule has 0 unspecified atom stereocenters. The first-order valence-electron chi connectivity index (χ1n) is 11.2. The van der Waals surface area contributed by atoms with Gasteiger partial charge in [-0.3, -0.25) is 0 Å². The highest BCUT2D eigenvalue weighted by Gasteiger charge is 2.25. The number of aryl methyl sites for hydroxylation is 1. The van der Waals surface area contributed by atoms with Crippen LogP contribution >= 0.6 is 0 Å². The molecule has 2 aliphatic heterocycles. The van der Waals surface area contributed by atoms with E-state index in [0.29, 0.717) is 5.92 Å². The number of piperidine rings is 1. The van der Waals surface area contributed by atoms with Crippen LogP contribution in [0, 0.1) is 12.7 Å². The Bertz CT molecular complexity index is 1080. The minimum Gasteiger partial charge on any atom is -0.336 e. The minimum absolute atomic E-state index is 0.0684. The van der Waals surface area contributed by atoms with Crippen molar-refractivity contribution in [2.75, 3.05) is 39.3 Å². The van der Waals surface area contributed by atoms with Crippen molar-refractivity contribution < 1.29 is 9.18 Å². The Morgan fingerprint density at radius 3 is 2.52 bits per heavy atom. The molecule has 3 aromatic rings. The van der Waals surface area contributed by atoms with Crippen LogP contribution in [0.5, 0.6) is 0 Å². The summed E-state index contributed by atoms with van der Waals surface area (Å²) < 4.78 is 15.6. The molecule has 2 fully saturated rings. The van der Waals surface area contributed by atoms with Gasteiger partial charge in [0.25, 0.3) is 0 Å². The number of urea groups is 1. The second kappa shape index (κ2) is 8.35. The van der Waals surface area contributed by atoms with Crippen molar-refractivity contribution >= 4 is 16.9 Å². The monoisotopic (exact) mass is 420 g/mol. The molecule has 0 spiro atoms. The molecular weight excluding hydrogens is 391 g/mol. The summed E-state index contributed by atoms with van der Waals surface area (Å²) in [6.45, 7) is 7.56. The van der Waals surface area contributed by atoms with Crippen molar-refractivity contribution in [3.63, 3.8) is 0 Å². The first kappa shape index (κ1) is 20.1. The maximum atomic E-state index is 13.4. The summed E-state index contributed by atoms with van der Waals surface area (Å²) >= 11 is 0. The molecule has 162 valence electrons. The summed E-state index contributed by atoms with van der Waals surface area (Å²) in [5, 5.41) is 4.17. The number of nitrogens with one attached hydrogen (secondary N) is 1. The Hall–Kier alpha value is -2.86. The summed E-state index contributed by atoms with van der Waals surface area (Å²) in [4.78, 5) is 16.1. The van der Waals surface area contributed by atoms with Gasteiger partial charge in [-0.1, -0.05) is 11.6 Å². The molecule has 3 heterocycles. The molecule has 31 heavy (non-hydrogen) atoms. The van der Waals surface area contributed by atoms with Crippen LogP contribution < -0.4 is 5.32 Å². The number of amides is 2. The predicted molar refractivity (Wildman–Crippen MR) is 121 cm³/mol. The molecule has 2 aliphatic rings. The van der Waals surface area contributed by atoms with E-state index < -0.39 is 0 Å². The summed E-state index contributed by atoms with van der Waals surface area (Å²) in [7, 11) is 0. The number of carbonyl (C=O) groups excluding carboxylic acids is 1. The first-order chi connectivity index (χ1) is 15.1.